The minimum atomic E-state index is -1.03. The fourth-order valence-corrected chi connectivity index (χ4v) is 1.98. The van der Waals surface area contributed by atoms with E-state index < -0.39 is 17.6 Å². The number of rotatable bonds is 3. The molecule has 110 valence electrons. The van der Waals surface area contributed by atoms with Gasteiger partial charge in [-0.15, -0.1) is 0 Å². The average molecular weight is 301 g/mol. The predicted molar refractivity (Wildman–Crippen MR) is 74.3 cm³/mol. The van der Waals surface area contributed by atoms with Gasteiger partial charge in [0.2, 0.25) is 5.89 Å². The lowest BCUT2D eigenvalue weighted by atomic mass is 10.1. The van der Waals surface area contributed by atoms with Crippen LogP contribution in [-0.2, 0) is 0 Å². The summed E-state index contributed by atoms with van der Waals surface area (Å²) in [7, 11) is 0. The third-order valence-corrected chi connectivity index (χ3v) is 3.08. The Balaban J connectivity index is 1.95. The Labute approximate surface area is 123 Å². The molecule has 1 heterocycles. The third kappa shape index (κ3) is 2.58. The molecule has 0 aliphatic rings. The van der Waals surface area contributed by atoms with E-state index in [9.17, 15) is 13.6 Å². The number of aromatic nitrogens is 1. The van der Waals surface area contributed by atoms with Crippen LogP contribution >= 0.6 is 0 Å². The van der Waals surface area contributed by atoms with Gasteiger partial charge in [0, 0.05) is 11.6 Å². The molecule has 1 aromatic heterocycles. The van der Waals surface area contributed by atoms with E-state index in [2.05, 4.69) is 4.98 Å². The Morgan fingerprint density at radius 1 is 1.09 bits per heavy atom. The first-order chi connectivity index (χ1) is 10.5. The molecule has 3 aromatic rings. The smallest absolute Gasteiger partial charge is 0.335 e. The zero-order valence-electron chi connectivity index (χ0n) is 11.1. The maximum absolute atomic E-state index is 13.7. The van der Waals surface area contributed by atoms with Gasteiger partial charge in [-0.25, -0.2) is 18.6 Å². The van der Waals surface area contributed by atoms with Crippen LogP contribution in [-0.4, -0.2) is 16.1 Å². The summed E-state index contributed by atoms with van der Waals surface area (Å²) in [5.74, 6) is -2.08. The van der Waals surface area contributed by atoms with Crippen molar-refractivity contribution in [1.82, 2.24) is 4.98 Å². The zero-order chi connectivity index (χ0) is 15.7. The van der Waals surface area contributed by atoms with Crippen molar-refractivity contribution in [3.8, 4) is 22.8 Å². The van der Waals surface area contributed by atoms with Crippen LogP contribution in [0.15, 0.2) is 53.1 Å². The molecule has 3 rings (SSSR count). The average Bonchev–Trinajstić information content (AvgIpc) is 2.97. The summed E-state index contributed by atoms with van der Waals surface area (Å²) in [4.78, 5) is 14.8. The highest BCUT2D eigenvalue weighted by molar-refractivity contribution is 5.88. The topological polar surface area (TPSA) is 63.3 Å². The number of halogens is 2. The SMILES string of the molecule is O=C(O)c1ccc(-c2ncc(-c3ccc(F)cc3F)o2)cc1. The molecule has 0 radical (unpaired) electrons. The van der Waals surface area contributed by atoms with Crippen LogP contribution in [0.1, 0.15) is 10.4 Å². The molecule has 4 nitrogen and oxygen atoms in total. The summed E-state index contributed by atoms with van der Waals surface area (Å²) in [5, 5.41) is 8.84. The van der Waals surface area contributed by atoms with Crippen molar-refractivity contribution < 1.29 is 23.1 Å². The van der Waals surface area contributed by atoms with Gasteiger partial charge < -0.3 is 9.52 Å². The van der Waals surface area contributed by atoms with E-state index in [4.69, 9.17) is 9.52 Å². The fourth-order valence-electron chi connectivity index (χ4n) is 1.98. The molecule has 0 aliphatic carbocycles. The molecule has 0 amide bonds. The molecule has 1 N–H and O–H groups in total. The van der Waals surface area contributed by atoms with Crippen LogP contribution in [0.4, 0.5) is 8.78 Å². The highest BCUT2D eigenvalue weighted by atomic mass is 19.1. The fraction of sp³-hybridized carbons (Fsp3) is 0. The van der Waals surface area contributed by atoms with E-state index in [0.717, 1.165) is 12.1 Å². The van der Waals surface area contributed by atoms with Gasteiger partial charge in [0.1, 0.15) is 11.6 Å². The molecular weight excluding hydrogens is 292 g/mol. The summed E-state index contributed by atoms with van der Waals surface area (Å²) >= 11 is 0. The lowest BCUT2D eigenvalue weighted by Crippen LogP contribution is -1.94. The van der Waals surface area contributed by atoms with E-state index in [1.54, 1.807) is 12.1 Å². The second-order valence-electron chi connectivity index (χ2n) is 4.54. The summed E-state index contributed by atoms with van der Waals surface area (Å²) in [6.07, 6.45) is 1.33. The van der Waals surface area contributed by atoms with Gasteiger partial charge in [-0.2, -0.15) is 0 Å². The van der Waals surface area contributed by atoms with Gasteiger partial charge in [-0.1, -0.05) is 0 Å². The minimum absolute atomic E-state index is 0.0994. The summed E-state index contributed by atoms with van der Waals surface area (Å²) in [6, 6.07) is 9.07. The highest BCUT2D eigenvalue weighted by Crippen LogP contribution is 2.28. The van der Waals surface area contributed by atoms with Crippen molar-refractivity contribution in [3.05, 3.63) is 65.9 Å². The Morgan fingerprint density at radius 2 is 1.82 bits per heavy atom. The second-order valence-corrected chi connectivity index (χ2v) is 4.54. The van der Waals surface area contributed by atoms with Crippen LogP contribution in [0.3, 0.4) is 0 Å². The summed E-state index contributed by atoms with van der Waals surface area (Å²) in [5.41, 5.74) is 0.793. The van der Waals surface area contributed by atoms with Crippen LogP contribution in [0.2, 0.25) is 0 Å². The first-order valence-corrected chi connectivity index (χ1v) is 6.29. The molecular formula is C16H9F2NO3. The van der Waals surface area contributed by atoms with E-state index in [-0.39, 0.29) is 22.8 Å². The predicted octanol–water partition coefficient (Wildman–Crippen LogP) is 3.99. The number of benzene rings is 2. The van der Waals surface area contributed by atoms with Gasteiger partial charge in [-0.05, 0) is 36.4 Å². The molecule has 0 atom stereocenters. The molecule has 0 saturated carbocycles. The molecule has 2 aromatic carbocycles. The zero-order valence-corrected chi connectivity index (χ0v) is 11.1. The molecule has 0 spiro atoms. The quantitative estimate of drug-likeness (QED) is 0.794. The summed E-state index contributed by atoms with van der Waals surface area (Å²) < 4.78 is 32.1. The van der Waals surface area contributed by atoms with E-state index in [1.165, 1.54) is 24.4 Å². The van der Waals surface area contributed by atoms with Crippen molar-refractivity contribution in [2.24, 2.45) is 0 Å². The number of carboxylic acids is 1. The monoisotopic (exact) mass is 301 g/mol. The summed E-state index contributed by atoms with van der Waals surface area (Å²) in [6.45, 7) is 0. The van der Waals surface area contributed by atoms with Gasteiger partial charge in [0.15, 0.2) is 5.76 Å². The molecule has 0 aliphatic heterocycles. The van der Waals surface area contributed by atoms with Crippen molar-refractivity contribution >= 4 is 5.97 Å². The first-order valence-electron chi connectivity index (χ1n) is 6.29. The standard InChI is InChI=1S/C16H9F2NO3/c17-11-5-6-12(13(18)7-11)14-8-19-15(22-14)9-1-3-10(4-2-9)16(20)21/h1-8H,(H,20,21). The lowest BCUT2D eigenvalue weighted by Gasteiger charge is -1.99. The lowest BCUT2D eigenvalue weighted by molar-refractivity contribution is 0.0697. The van der Waals surface area contributed by atoms with Crippen LogP contribution in [0, 0.1) is 11.6 Å². The highest BCUT2D eigenvalue weighted by Gasteiger charge is 2.13. The van der Waals surface area contributed by atoms with Crippen molar-refractivity contribution in [1.29, 1.82) is 0 Å². The first kappa shape index (κ1) is 13.9. The van der Waals surface area contributed by atoms with Crippen LogP contribution in [0.5, 0.6) is 0 Å². The van der Waals surface area contributed by atoms with E-state index in [0.29, 0.717) is 5.56 Å². The third-order valence-electron chi connectivity index (χ3n) is 3.08. The second kappa shape index (κ2) is 5.40. The van der Waals surface area contributed by atoms with Crippen LogP contribution in [0.25, 0.3) is 22.8 Å². The number of hydrogen-bond acceptors (Lipinski definition) is 3. The van der Waals surface area contributed by atoms with Crippen molar-refractivity contribution in [2.75, 3.05) is 0 Å². The maximum Gasteiger partial charge on any atom is 0.335 e. The molecule has 0 bridgehead atoms. The largest absolute Gasteiger partial charge is 0.478 e. The number of carbonyl (C=O) groups is 1. The maximum atomic E-state index is 13.7. The van der Waals surface area contributed by atoms with Crippen LogP contribution < -0.4 is 0 Å². The number of nitrogens with zero attached hydrogens (tertiary/aromatic N) is 1. The van der Waals surface area contributed by atoms with Gasteiger partial charge in [-0.3, -0.25) is 0 Å². The Morgan fingerprint density at radius 3 is 2.45 bits per heavy atom. The van der Waals surface area contributed by atoms with E-state index >= 15 is 0 Å². The van der Waals surface area contributed by atoms with Gasteiger partial charge >= 0.3 is 5.97 Å². The number of aromatic carboxylic acids is 1. The Kier molecular flexibility index (Phi) is 3.42. The normalized spacial score (nSPS) is 10.6. The van der Waals surface area contributed by atoms with E-state index in [1.807, 2.05) is 0 Å². The Hall–Kier alpha value is -3.02. The number of hydrogen-bond donors (Lipinski definition) is 1. The molecule has 0 unspecified atom stereocenters. The molecule has 22 heavy (non-hydrogen) atoms. The number of carboxylic acid groups (broad SMARTS) is 1. The molecule has 0 fully saturated rings. The number of oxazole rings is 1. The molecule has 0 saturated heterocycles. The molecule has 6 heteroatoms. The van der Waals surface area contributed by atoms with Gasteiger partial charge in [0.25, 0.3) is 0 Å². The Bertz CT molecular complexity index is 841. The van der Waals surface area contributed by atoms with Gasteiger partial charge in [0.05, 0.1) is 17.3 Å². The van der Waals surface area contributed by atoms with Crippen molar-refractivity contribution in [2.45, 2.75) is 0 Å². The van der Waals surface area contributed by atoms with Crippen molar-refractivity contribution in [3.63, 3.8) is 0 Å². The minimum Gasteiger partial charge on any atom is -0.478 e.